The highest BCUT2D eigenvalue weighted by molar-refractivity contribution is 5.60. The first kappa shape index (κ1) is 7.98. The van der Waals surface area contributed by atoms with Gasteiger partial charge in [-0.15, -0.1) is 0 Å². The van der Waals surface area contributed by atoms with Gasteiger partial charge in [0.15, 0.2) is 0 Å². The van der Waals surface area contributed by atoms with Crippen LogP contribution in [0.3, 0.4) is 0 Å². The average Bonchev–Trinajstić information content (AvgIpc) is 2.79. The molecule has 2 aromatic rings. The Bertz CT molecular complexity index is 595. The summed E-state index contributed by atoms with van der Waals surface area (Å²) in [5.74, 6) is 0.270. The van der Waals surface area contributed by atoms with Crippen molar-refractivity contribution in [2.24, 2.45) is 5.11 Å². The number of rotatable bonds is 3. The molecular formula is C11H9N3O2. The zero-order valence-corrected chi connectivity index (χ0v) is 8.16. The first-order valence-corrected chi connectivity index (χ1v) is 4.49. The van der Waals surface area contributed by atoms with Crippen molar-refractivity contribution in [3.63, 3.8) is 0 Å². The lowest BCUT2D eigenvalue weighted by Gasteiger charge is -1.97. The fourth-order valence-electron chi connectivity index (χ4n) is 1.30. The molecule has 80 valence electrons. The van der Waals surface area contributed by atoms with Gasteiger partial charge in [-0.05, 0) is 17.7 Å². The zero-order chi connectivity index (χ0) is 13.2. The number of furan rings is 1. The standard InChI is InChI=1S/C11H9N3O2/c12-14-13-9-3-1-8(2-4-9)11-6-5-10(7-15)16-11/h1-6,15H,7H2/i7T2. The number of hydrogen-bond acceptors (Lipinski definition) is 3. The Morgan fingerprint density at radius 1 is 1.31 bits per heavy atom. The smallest absolute Gasteiger partial charge is 0.134 e. The van der Waals surface area contributed by atoms with Crippen LogP contribution in [0.15, 0.2) is 45.9 Å². The Hall–Kier alpha value is -2.23. The molecule has 0 saturated heterocycles. The maximum Gasteiger partial charge on any atom is 0.134 e. The Morgan fingerprint density at radius 3 is 2.62 bits per heavy atom. The van der Waals surface area contributed by atoms with E-state index >= 15 is 0 Å². The van der Waals surface area contributed by atoms with E-state index in [0.717, 1.165) is 0 Å². The highest BCUT2D eigenvalue weighted by atomic mass is 16.4. The molecule has 5 nitrogen and oxygen atoms in total. The fourth-order valence-corrected chi connectivity index (χ4v) is 1.30. The Kier molecular flexibility index (Phi) is 2.26. The van der Waals surface area contributed by atoms with Gasteiger partial charge >= 0.3 is 0 Å². The highest BCUT2D eigenvalue weighted by Gasteiger charge is 2.03. The lowest BCUT2D eigenvalue weighted by atomic mass is 10.1. The SMILES string of the molecule is [3H]C([3H])(O)c1ccc(-c2ccc(N=[N+]=[N-])cc2)o1. The topological polar surface area (TPSA) is 82.1 Å². The van der Waals surface area contributed by atoms with Gasteiger partial charge in [-0.25, -0.2) is 0 Å². The molecule has 2 rings (SSSR count). The van der Waals surface area contributed by atoms with Crippen LogP contribution < -0.4 is 0 Å². The van der Waals surface area contributed by atoms with Gasteiger partial charge in [-0.2, -0.15) is 0 Å². The molecule has 0 fully saturated rings. The lowest BCUT2D eigenvalue weighted by molar-refractivity contribution is 0.248. The molecule has 1 heterocycles. The molecule has 0 saturated carbocycles. The van der Waals surface area contributed by atoms with E-state index in [4.69, 9.17) is 17.8 Å². The van der Waals surface area contributed by atoms with Gasteiger partial charge in [-0.1, -0.05) is 29.4 Å². The van der Waals surface area contributed by atoms with Crippen LogP contribution in [0.2, 0.25) is 0 Å². The molecule has 0 bridgehead atoms. The third-order valence-electron chi connectivity index (χ3n) is 2.03. The van der Waals surface area contributed by atoms with Gasteiger partial charge < -0.3 is 9.52 Å². The van der Waals surface area contributed by atoms with E-state index in [-0.39, 0.29) is 5.76 Å². The van der Waals surface area contributed by atoms with Crippen LogP contribution in [0, 0.1) is 0 Å². The summed E-state index contributed by atoms with van der Waals surface area (Å²) in [5, 5.41) is 12.6. The van der Waals surface area contributed by atoms with E-state index in [1.54, 1.807) is 30.3 Å². The summed E-state index contributed by atoms with van der Waals surface area (Å²) < 4.78 is 19.4. The van der Waals surface area contributed by atoms with Crippen molar-refractivity contribution in [1.82, 2.24) is 0 Å². The molecule has 0 unspecified atom stereocenters. The van der Waals surface area contributed by atoms with Gasteiger partial charge in [0, 0.05) is 16.2 Å². The second-order valence-corrected chi connectivity index (χ2v) is 3.01. The maximum absolute atomic E-state index is 9.15. The summed E-state index contributed by atoms with van der Waals surface area (Å²) in [6.45, 7) is -2.50. The molecule has 0 aliphatic rings. The molecular weight excluding hydrogens is 206 g/mol. The van der Waals surface area contributed by atoms with Crippen molar-refractivity contribution >= 4 is 5.69 Å². The van der Waals surface area contributed by atoms with E-state index in [0.29, 0.717) is 17.0 Å². The minimum Gasteiger partial charge on any atom is -0.459 e. The third kappa shape index (κ3) is 2.06. The first-order valence-electron chi connectivity index (χ1n) is 5.49. The summed E-state index contributed by atoms with van der Waals surface area (Å²) >= 11 is 0. The Labute approximate surface area is 94.4 Å². The van der Waals surface area contributed by atoms with E-state index in [1.807, 2.05) is 0 Å². The second kappa shape index (κ2) is 4.53. The van der Waals surface area contributed by atoms with Crippen molar-refractivity contribution in [3.8, 4) is 11.3 Å². The van der Waals surface area contributed by atoms with Gasteiger partial charge in [0.2, 0.25) is 0 Å². The van der Waals surface area contributed by atoms with E-state index in [9.17, 15) is 0 Å². The molecule has 0 aliphatic heterocycles. The van der Waals surface area contributed by atoms with Crippen LogP contribution in [0.4, 0.5) is 5.69 Å². The number of benzene rings is 1. The molecule has 1 aromatic carbocycles. The van der Waals surface area contributed by atoms with Crippen molar-refractivity contribution in [2.45, 2.75) is 6.56 Å². The van der Waals surface area contributed by atoms with Crippen molar-refractivity contribution in [2.75, 3.05) is 0 Å². The molecule has 1 aromatic heterocycles. The molecule has 0 atom stereocenters. The van der Waals surface area contributed by atoms with Crippen molar-refractivity contribution in [1.29, 1.82) is 0 Å². The van der Waals surface area contributed by atoms with Gasteiger partial charge in [0.1, 0.15) is 18.1 Å². The minimum atomic E-state index is -2.50. The molecule has 5 heteroatoms. The third-order valence-corrected chi connectivity index (χ3v) is 2.03. The minimum absolute atomic E-state index is 0.156. The maximum atomic E-state index is 9.15. The van der Waals surface area contributed by atoms with Crippen LogP contribution in [-0.4, -0.2) is 5.11 Å². The summed E-state index contributed by atoms with van der Waals surface area (Å²) in [4.78, 5) is 2.66. The van der Waals surface area contributed by atoms with Crippen molar-refractivity contribution in [3.05, 3.63) is 52.6 Å². The lowest BCUT2D eigenvalue weighted by Crippen LogP contribution is -1.75. The van der Waals surface area contributed by atoms with Crippen LogP contribution in [0.5, 0.6) is 0 Å². The molecule has 16 heavy (non-hydrogen) atoms. The molecule has 0 radical (unpaired) electrons. The van der Waals surface area contributed by atoms with Crippen LogP contribution >= 0.6 is 0 Å². The second-order valence-electron chi connectivity index (χ2n) is 3.01. The zero-order valence-electron chi connectivity index (χ0n) is 10.2. The first-order chi connectivity index (χ1) is 8.50. The normalized spacial score (nSPS) is 12.6. The quantitative estimate of drug-likeness (QED) is 0.487. The number of hydrogen-bond donors (Lipinski definition) is 1. The van der Waals surface area contributed by atoms with Gasteiger partial charge in [-0.3, -0.25) is 0 Å². The van der Waals surface area contributed by atoms with Crippen LogP contribution in [0.25, 0.3) is 21.8 Å². The molecule has 0 amide bonds. The number of nitrogens with zero attached hydrogens (tertiary/aromatic N) is 3. The fraction of sp³-hybridized carbons (Fsp3) is 0.0909. The predicted molar refractivity (Wildman–Crippen MR) is 58.9 cm³/mol. The summed E-state index contributed by atoms with van der Waals surface area (Å²) in [7, 11) is 0. The van der Waals surface area contributed by atoms with Gasteiger partial charge in [0.25, 0.3) is 0 Å². The highest BCUT2D eigenvalue weighted by Crippen LogP contribution is 2.24. The van der Waals surface area contributed by atoms with Crippen molar-refractivity contribution < 1.29 is 12.3 Å². The molecule has 0 spiro atoms. The predicted octanol–water partition coefficient (Wildman–Crippen LogP) is 3.38. The molecule has 0 aliphatic carbocycles. The summed E-state index contributed by atoms with van der Waals surface area (Å²) in [6, 6.07) is 9.53. The number of aliphatic hydroxyl groups is 1. The summed E-state index contributed by atoms with van der Waals surface area (Å²) in [6.07, 6.45) is 0. The average molecular weight is 219 g/mol. The molecule has 1 N–H and O–H groups in total. The van der Waals surface area contributed by atoms with Gasteiger partial charge in [0.05, 0.1) is 2.74 Å². The summed E-state index contributed by atoms with van der Waals surface area (Å²) in [5.41, 5.74) is 9.44. The van der Waals surface area contributed by atoms with E-state index in [1.165, 1.54) is 6.07 Å². The van der Waals surface area contributed by atoms with E-state index < -0.39 is 6.56 Å². The largest absolute Gasteiger partial charge is 0.459 e. The van der Waals surface area contributed by atoms with E-state index in [2.05, 4.69) is 10.0 Å². The number of azide groups is 1. The Morgan fingerprint density at radius 2 is 2.06 bits per heavy atom. The monoisotopic (exact) mass is 219 g/mol. The van der Waals surface area contributed by atoms with Crippen LogP contribution in [-0.2, 0) is 6.56 Å². The Balaban J connectivity index is 2.32. The van der Waals surface area contributed by atoms with Crippen LogP contribution in [0.1, 0.15) is 8.50 Å².